The summed E-state index contributed by atoms with van der Waals surface area (Å²) in [6, 6.07) is 8.30. The van der Waals surface area contributed by atoms with Crippen LogP contribution >= 0.6 is 34.5 Å². The van der Waals surface area contributed by atoms with E-state index in [1.807, 2.05) is 24.3 Å². The standard InChI is InChI=1S/C22H23Cl2N3OS/c1-21(2,3)13-8-6-12(7-9-13)10-15-19(28)27-20(29-15)25-18(26-27)17-14(11-16(23)24)22(17,4)5/h6-11,14,17H,1-5H3/b15-10+/t14-,17-/m1/s1. The van der Waals surface area contributed by atoms with Gasteiger partial charge in [0.05, 0.1) is 4.53 Å². The molecular formula is C22H23Cl2N3OS. The van der Waals surface area contributed by atoms with Crippen LogP contribution in [0.4, 0.5) is 0 Å². The fourth-order valence-corrected chi connectivity index (χ4v) is 5.02. The lowest BCUT2D eigenvalue weighted by molar-refractivity contribution is 0.585. The Morgan fingerprint density at radius 2 is 1.86 bits per heavy atom. The molecule has 0 unspecified atom stereocenters. The Balaban J connectivity index is 1.67. The van der Waals surface area contributed by atoms with Gasteiger partial charge >= 0.3 is 0 Å². The first-order chi connectivity index (χ1) is 13.5. The molecule has 1 saturated carbocycles. The zero-order valence-electron chi connectivity index (χ0n) is 17.0. The summed E-state index contributed by atoms with van der Waals surface area (Å²) in [5.41, 5.74) is 2.19. The van der Waals surface area contributed by atoms with Gasteiger partial charge in [0.2, 0.25) is 4.96 Å². The quantitative estimate of drug-likeness (QED) is 0.563. The lowest BCUT2D eigenvalue weighted by Gasteiger charge is -2.18. The number of fused-ring (bicyclic) bond motifs is 1. The van der Waals surface area contributed by atoms with Crippen LogP contribution in [0.15, 0.2) is 39.6 Å². The van der Waals surface area contributed by atoms with Crippen LogP contribution in [-0.2, 0) is 5.41 Å². The van der Waals surface area contributed by atoms with Gasteiger partial charge in [0.25, 0.3) is 5.56 Å². The maximum absolute atomic E-state index is 12.8. The molecule has 1 fully saturated rings. The predicted octanol–water partition coefficient (Wildman–Crippen LogP) is 5.05. The molecule has 0 saturated heterocycles. The summed E-state index contributed by atoms with van der Waals surface area (Å²) in [6.07, 6.45) is 3.73. The zero-order valence-corrected chi connectivity index (χ0v) is 19.4. The van der Waals surface area contributed by atoms with Crippen molar-refractivity contribution in [2.24, 2.45) is 11.3 Å². The van der Waals surface area contributed by atoms with E-state index < -0.39 is 0 Å². The van der Waals surface area contributed by atoms with Gasteiger partial charge in [-0.3, -0.25) is 4.79 Å². The second-order valence-corrected chi connectivity index (χ2v) is 11.3. The van der Waals surface area contributed by atoms with E-state index in [-0.39, 0.29) is 32.7 Å². The molecule has 2 aromatic heterocycles. The highest BCUT2D eigenvalue weighted by molar-refractivity contribution is 7.15. The third-order valence-electron chi connectivity index (χ3n) is 5.77. The van der Waals surface area contributed by atoms with Gasteiger partial charge in [0.15, 0.2) is 5.82 Å². The van der Waals surface area contributed by atoms with Crippen LogP contribution in [-0.4, -0.2) is 14.6 Å². The van der Waals surface area contributed by atoms with E-state index in [0.29, 0.717) is 15.3 Å². The number of allylic oxidation sites excluding steroid dienone is 1. The Hall–Kier alpha value is -1.69. The number of hydrogen-bond acceptors (Lipinski definition) is 4. The number of rotatable bonds is 3. The monoisotopic (exact) mass is 447 g/mol. The highest BCUT2D eigenvalue weighted by Gasteiger charge is 2.59. The van der Waals surface area contributed by atoms with E-state index >= 15 is 0 Å². The number of benzene rings is 1. The number of halogens is 2. The van der Waals surface area contributed by atoms with Gasteiger partial charge in [-0.2, -0.15) is 4.52 Å². The molecule has 4 rings (SSSR count). The van der Waals surface area contributed by atoms with Gasteiger partial charge in [0.1, 0.15) is 4.49 Å². The van der Waals surface area contributed by atoms with E-state index in [9.17, 15) is 4.79 Å². The van der Waals surface area contributed by atoms with Gasteiger partial charge in [-0.05, 0) is 40.0 Å². The molecule has 4 nitrogen and oxygen atoms in total. The van der Waals surface area contributed by atoms with Gasteiger partial charge in [-0.15, -0.1) is 5.10 Å². The average Bonchev–Trinajstić information content (AvgIpc) is 2.91. The number of thiazole rings is 1. The van der Waals surface area contributed by atoms with Crippen molar-refractivity contribution in [3.63, 3.8) is 0 Å². The number of nitrogens with zero attached hydrogens (tertiary/aromatic N) is 3. The summed E-state index contributed by atoms with van der Waals surface area (Å²) >= 11 is 13.0. The summed E-state index contributed by atoms with van der Waals surface area (Å²) in [7, 11) is 0. The maximum Gasteiger partial charge on any atom is 0.291 e. The average molecular weight is 448 g/mol. The van der Waals surface area contributed by atoms with Crippen LogP contribution in [0.5, 0.6) is 0 Å². The molecule has 0 aliphatic heterocycles. The van der Waals surface area contributed by atoms with E-state index in [1.165, 1.54) is 21.4 Å². The van der Waals surface area contributed by atoms with Gasteiger partial charge in [-0.25, -0.2) is 4.98 Å². The Bertz CT molecular complexity index is 1210. The summed E-state index contributed by atoms with van der Waals surface area (Å²) in [5, 5.41) is 4.50. The Morgan fingerprint density at radius 1 is 1.21 bits per heavy atom. The molecule has 1 aliphatic rings. The topological polar surface area (TPSA) is 47.3 Å². The molecule has 2 heterocycles. The van der Waals surface area contributed by atoms with Gasteiger partial charge < -0.3 is 0 Å². The smallest absolute Gasteiger partial charge is 0.266 e. The van der Waals surface area contributed by atoms with Crippen LogP contribution in [0, 0.1) is 11.3 Å². The molecule has 0 bridgehead atoms. The summed E-state index contributed by atoms with van der Waals surface area (Å²) < 4.78 is 2.29. The van der Waals surface area contributed by atoms with Crippen LogP contribution < -0.4 is 10.1 Å². The van der Waals surface area contributed by atoms with Crippen molar-refractivity contribution in [1.82, 2.24) is 14.6 Å². The molecule has 152 valence electrons. The number of hydrogen-bond donors (Lipinski definition) is 0. The third-order valence-corrected chi connectivity index (χ3v) is 6.98. The van der Waals surface area contributed by atoms with Crippen molar-refractivity contribution in [1.29, 1.82) is 0 Å². The minimum Gasteiger partial charge on any atom is -0.266 e. The second-order valence-electron chi connectivity index (χ2n) is 9.23. The van der Waals surface area contributed by atoms with Crippen molar-refractivity contribution in [3.05, 3.63) is 66.7 Å². The van der Waals surface area contributed by atoms with Crippen molar-refractivity contribution in [2.75, 3.05) is 0 Å². The normalized spacial score (nSPS) is 21.6. The molecule has 7 heteroatoms. The molecule has 0 N–H and O–H groups in total. The van der Waals surface area contributed by atoms with Crippen molar-refractivity contribution < 1.29 is 0 Å². The molecule has 0 radical (unpaired) electrons. The van der Waals surface area contributed by atoms with Crippen molar-refractivity contribution in [3.8, 4) is 0 Å². The molecule has 0 spiro atoms. The van der Waals surface area contributed by atoms with Gasteiger partial charge in [-0.1, -0.05) is 93.4 Å². The fraction of sp³-hybridized carbons (Fsp3) is 0.409. The first-order valence-corrected chi connectivity index (χ1v) is 11.1. The molecule has 1 aliphatic carbocycles. The van der Waals surface area contributed by atoms with Crippen LogP contribution in [0.1, 0.15) is 57.5 Å². The zero-order chi connectivity index (χ0) is 21.1. The van der Waals surface area contributed by atoms with E-state index in [1.54, 1.807) is 0 Å². The first kappa shape index (κ1) is 20.6. The Labute approximate surface area is 183 Å². The van der Waals surface area contributed by atoms with E-state index in [0.717, 1.165) is 5.56 Å². The Kier molecular flexibility index (Phi) is 4.92. The van der Waals surface area contributed by atoms with Crippen LogP contribution in [0.25, 0.3) is 11.0 Å². The first-order valence-electron chi connectivity index (χ1n) is 9.53. The largest absolute Gasteiger partial charge is 0.291 e. The minimum atomic E-state index is -0.135. The van der Waals surface area contributed by atoms with Crippen LogP contribution in [0.2, 0.25) is 0 Å². The highest BCUT2D eigenvalue weighted by atomic mass is 35.5. The summed E-state index contributed by atoms with van der Waals surface area (Å²) in [4.78, 5) is 18.1. The lowest BCUT2D eigenvalue weighted by atomic mass is 9.87. The molecule has 29 heavy (non-hydrogen) atoms. The maximum atomic E-state index is 12.8. The molecule has 2 atom stereocenters. The van der Waals surface area contributed by atoms with E-state index in [2.05, 4.69) is 56.8 Å². The minimum absolute atomic E-state index is 0.0289. The fourth-order valence-electron chi connectivity index (χ4n) is 3.83. The molecule has 1 aromatic carbocycles. The Morgan fingerprint density at radius 3 is 2.41 bits per heavy atom. The lowest BCUT2D eigenvalue weighted by Crippen LogP contribution is -2.23. The highest BCUT2D eigenvalue weighted by Crippen LogP contribution is 2.64. The van der Waals surface area contributed by atoms with Crippen molar-refractivity contribution >= 4 is 45.6 Å². The molecular weight excluding hydrogens is 425 g/mol. The predicted molar refractivity (Wildman–Crippen MR) is 121 cm³/mol. The van der Waals surface area contributed by atoms with Crippen molar-refractivity contribution in [2.45, 2.75) is 46.0 Å². The molecule has 3 aromatic rings. The summed E-state index contributed by atoms with van der Waals surface area (Å²) in [6.45, 7) is 10.8. The SMILES string of the molecule is CC(C)(C)c1ccc(/C=c2/sc3nc([C@H]4[C@@H](C=C(Cl)Cl)C4(C)C)nn3c2=O)cc1. The van der Waals surface area contributed by atoms with Gasteiger partial charge in [0, 0.05) is 5.92 Å². The number of aromatic nitrogens is 3. The van der Waals surface area contributed by atoms with Crippen LogP contribution in [0.3, 0.4) is 0 Å². The van der Waals surface area contributed by atoms with E-state index in [4.69, 9.17) is 23.2 Å². The molecule has 0 amide bonds. The third kappa shape index (κ3) is 3.76. The second kappa shape index (κ2) is 6.93. The summed E-state index contributed by atoms with van der Waals surface area (Å²) in [5.74, 6) is 0.959.